The molecule has 0 fully saturated rings. The number of aromatic nitrogens is 3. The Hall–Kier alpha value is -2.61. The van der Waals surface area contributed by atoms with Gasteiger partial charge in [0.25, 0.3) is 0 Å². The smallest absolute Gasteiger partial charge is 0.358 e. The first-order valence-corrected chi connectivity index (χ1v) is 6.01. The normalized spacial score (nSPS) is 10.4. The summed E-state index contributed by atoms with van der Waals surface area (Å²) in [5, 5.41) is 16.7. The highest BCUT2D eigenvalue weighted by Crippen LogP contribution is 2.29. The van der Waals surface area contributed by atoms with Crippen molar-refractivity contribution in [3.05, 3.63) is 29.6 Å². The monoisotopic (exact) mass is 293 g/mol. The molecule has 1 aromatic carbocycles. The van der Waals surface area contributed by atoms with E-state index in [2.05, 4.69) is 10.3 Å². The summed E-state index contributed by atoms with van der Waals surface area (Å²) in [6.07, 6.45) is 0. The summed E-state index contributed by atoms with van der Waals surface area (Å²) in [4.78, 5) is 11.1. The number of hydrogen-bond donors (Lipinski definition) is 1. The van der Waals surface area contributed by atoms with Crippen LogP contribution in [0, 0.1) is 0 Å². The van der Waals surface area contributed by atoms with Gasteiger partial charge >= 0.3 is 5.97 Å². The summed E-state index contributed by atoms with van der Waals surface area (Å²) in [6.45, 7) is 0.0724. The highest BCUT2D eigenvalue weighted by molar-refractivity contribution is 5.86. The second-order valence-electron chi connectivity index (χ2n) is 4.07. The molecule has 2 rings (SSSR count). The molecule has 0 bridgehead atoms. The van der Waals surface area contributed by atoms with Gasteiger partial charge in [0.1, 0.15) is 5.69 Å². The van der Waals surface area contributed by atoms with E-state index in [0.29, 0.717) is 22.9 Å². The average molecular weight is 293 g/mol. The van der Waals surface area contributed by atoms with E-state index >= 15 is 0 Å². The number of carbonyl (C=O) groups is 1. The zero-order chi connectivity index (χ0) is 15.4. The lowest BCUT2D eigenvalue weighted by atomic mass is 10.2. The second kappa shape index (κ2) is 6.23. The maximum atomic E-state index is 11.1. The standard InChI is InChI=1S/C13H15N3O5/c1-19-7-9-12(13(17)18)14-15-16(9)8-4-5-10(20-2)11(6-8)21-3/h4-6H,7H2,1-3H3,(H,17,18). The van der Waals surface area contributed by atoms with Crippen LogP contribution in [0.2, 0.25) is 0 Å². The van der Waals surface area contributed by atoms with Crippen LogP contribution >= 0.6 is 0 Å². The van der Waals surface area contributed by atoms with E-state index < -0.39 is 5.97 Å². The number of benzene rings is 1. The first-order valence-electron chi connectivity index (χ1n) is 6.01. The van der Waals surface area contributed by atoms with Gasteiger partial charge in [0.05, 0.1) is 26.5 Å². The average Bonchev–Trinajstić information content (AvgIpc) is 2.91. The number of ether oxygens (including phenoxy) is 3. The number of aromatic carboxylic acids is 1. The fourth-order valence-corrected chi connectivity index (χ4v) is 1.90. The van der Waals surface area contributed by atoms with Crippen molar-refractivity contribution < 1.29 is 24.1 Å². The molecular formula is C13H15N3O5. The van der Waals surface area contributed by atoms with Gasteiger partial charge in [-0.3, -0.25) is 0 Å². The Morgan fingerprint density at radius 2 is 1.95 bits per heavy atom. The molecule has 1 N–H and O–H groups in total. The molecule has 0 spiro atoms. The van der Waals surface area contributed by atoms with Crippen molar-refractivity contribution in [2.24, 2.45) is 0 Å². The van der Waals surface area contributed by atoms with E-state index in [0.717, 1.165) is 0 Å². The van der Waals surface area contributed by atoms with Crippen LogP contribution in [0.15, 0.2) is 18.2 Å². The first kappa shape index (κ1) is 14.8. The SMILES string of the molecule is COCc1c(C(=O)O)nnn1-c1ccc(OC)c(OC)c1. The van der Waals surface area contributed by atoms with Crippen molar-refractivity contribution in [3.63, 3.8) is 0 Å². The summed E-state index contributed by atoms with van der Waals surface area (Å²) in [6, 6.07) is 5.10. The van der Waals surface area contributed by atoms with Gasteiger partial charge in [0.2, 0.25) is 0 Å². The van der Waals surface area contributed by atoms with Crippen molar-refractivity contribution in [1.29, 1.82) is 0 Å². The molecule has 1 heterocycles. The number of methoxy groups -OCH3 is 3. The first-order chi connectivity index (χ1) is 10.1. The Kier molecular flexibility index (Phi) is 4.39. The van der Waals surface area contributed by atoms with Crippen LogP contribution in [0.5, 0.6) is 11.5 Å². The molecule has 0 aliphatic rings. The molecule has 21 heavy (non-hydrogen) atoms. The number of hydrogen-bond acceptors (Lipinski definition) is 6. The lowest BCUT2D eigenvalue weighted by Gasteiger charge is -2.11. The topological polar surface area (TPSA) is 95.7 Å². The van der Waals surface area contributed by atoms with E-state index in [-0.39, 0.29) is 12.3 Å². The summed E-state index contributed by atoms with van der Waals surface area (Å²) >= 11 is 0. The van der Waals surface area contributed by atoms with Crippen molar-refractivity contribution >= 4 is 5.97 Å². The van der Waals surface area contributed by atoms with Gasteiger partial charge in [-0.25, -0.2) is 9.48 Å². The van der Waals surface area contributed by atoms with E-state index in [1.54, 1.807) is 18.2 Å². The highest BCUT2D eigenvalue weighted by Gasteiger charge is 2.20. The molecule has 1 aromatic heterocycles. The summed E-state index contributed by atoms with van der Waals surface area (Å²) in [5.41, 5.74) is 0.795. The molecule has 0 aliphatic heterocycles. The minimum atomic E-state index is -1.16. The summed E-state index contributed by atoms with van der Waals surface area (Å²) in [7, 11) is 4.52. The lowest BCUT2D eigenvalue weighted by molar-refractivity contribution is 0.0685. The van der Waals surface area contributed by atoms with Gasteiger partial charge in [0, 0.05) is 13.2 Å². The van der Waals surface area contributed by atoms with Crippen LogP contribution in [0.1, 0.15) is 16.2 Å². The molecule has 2 aromatic rings. The Labute approximate surface area is 120 Å². The lowest BCUT2D eigenvalue weighted by Crippen LogP contribution is -2.08. The van der Waals surface area contributed by atoms with Gasteiger partial charge in [-0.15, -0.1) is 5.10 Å². The van der Waals surface area contributed by atoms with E-state index in [9.17, 15) is 4.79 Å². The third-order valence-electron chi connectivity index (χ3n) is 2.86. The Bertz CT molecular complexity index is 653. The number of rotatable bonds is 6. The van der Waals surface area contributed by atoms with E-state index in [4.69, 9.17) is 19.3 Å². The molecule has 0 saturated carbocycles. The quantitative estimate of drug-likeness (QED) is 0.852. The van der Waals surface area contributed by atoms with Crippen LogP contribution in [0.25, 0.3) is 5.69 Å². The minimum absolute atomic E-state index is 0.0724. The minimum Gasteiger partial charge on any atom is -0.493 e. The van der Waals surface area contributed by atoms with E-state index in [1.807, 2.05) is 0 Å². The number of carboxylic acid groups (broad SMARTS) is 1. The predicted molar refractivity (Wildman–Crippen MR) is 72.1 cm³/mol. The molecule has 0 atom stereocenters. The molecule has 8 heteroatoms. The second-order valence-corrected chi connectivity index (χ2v) is 4.07. The van der Waals surface area contributed by atoms with Gasteiger partial charge in [-0.1, -0.05) is 5.21 Å². The van der Waals surface area contributed by atoms with Crippen LogP contribution in [-0.4, -0.2) is 47.4 Å². The molecule has 0 amide bonds. The third-order valence-corrected chi connectivity index (χ3v) is 2.86. The van der Waals surface area contributed by atoms with Crippen LogP contribution in [-0.2, 0) is 11.3 Å². The fourth-order valence-electron chi connectivity index (χ4n) is 1.90. The van der Waals surface area contributed by atoms with Gasteiger partial charge < -0.3 is 19.3 Å². The summed E-state index contributed by atoms with van der Waals surface area (Å²) in [5.74, 6) is -0.0902. The molecular weight excluding hydrogens is 278 g/mol. The zero-order valence-corrected chi connectivity index (χ0v) is 11.9. The van der Waals surface area contributed by atoms with E-state index in [1.165, 1.54) is 26.0 Å². The van der Waals surface area contributed by atoms with Crippen LogP contribution in [0.3, 0.4) is 0 Å². The van der Waals surface area contributed by atoms with Crippen molar-refractivity contribution in [2.45, 2.75) is 6.61 Å². The maximum Gasteiger partial charge on any atom is 0.358 e. The van der Waals surface area contributed by atoms with Crippen molar-refractivity contribution in [3.8, 4) is 17.2 Å². The van der Waals surface area contributed by atoms with Crippen LogP contribution in [0.4, 0.5) is 0 Å². The number of nitrogens with zero attached hydrogens (tertiary/aromatic N) is 3. The third kappa shape index (κ3) is 2.79. The molecule has 0 aliphatic carbocycles. The number of carboxylic acids is 1. The molecule has 8 nitrogen and oxygen atoms in total. The largest absolute Gasteiger partial charge is 0.493 e. The molecule has 0 unspecified atom stereocenters. The van der Waals surface area contributed by atoms with Gasteiger partial charge in [0.15, 0.2) is 17.2 Å². The Morgan fingerprint density at radius 3 is 2.52 bits per heavy atom. The zero-order valence-electron chi connectivity index (χ0n) is 11.9. The predicted octanol–water partition coefficient (Wildman–Crippen LogP) is 1.13. The van der Waals surface area contributed by atoms with Crippen molar-refractivity contribution in [1.82, 2.24) is 15.0 Å². The van der Waals surface area contributed by atoms with Crippen LogP contribution < -0.4 is 9.47 Å². The maximum absolute atomic E-state index is 11.1. The van der Waals surface area contributed by atoms with Gasteiger partial charge in [-0.2, -0.15) is 0 Å². The molecule has 0 saturated heterocycles. The molecule has 112 valence electrons. The molecule has 0 radical (unpaired) electrons. The van der Waals surface area contributed by atoms with Gasteiger partial charge in [-0.05, 0) is 12.1 Å². The highest BCUT2D eigenvalue weighted by atomic mass is 16.5. The fraction of sp³-hybridized carbons (Fsp3) is 0.308. The summed E-state index contributed by atoms with van der Waals surface area (Å²) < 4.78 is 16.8. The Balaban J connectivity index is 2.53. The Morgan fingerprint density at radius 1 is 1.24 bits per heavy atom. The van der Waals surface area contributed by atoms with Crippen molar-refractivity contribution in [2.75, 3.05) is 21.3 Å².